The van der Waals surface area contributed by atoms with Gasteiger partial charge < -0.3 is 10.2 Å². The molecule has 0 saturated carbocycles. The number of aliphatic carboxylic acids is 1. The fourth-order valence-electron chi connectivity index (χ4n) is 0.123. The van der Waals surface area contributed by atoms with Crippen molar-refractivity contribution in [3.05, 3.63) is 11.8 Å². The molecule has 0 aliphatic heterocycles. The Morgan fingerprint density at radius 1 is 1.50 bits per heavy atom. The van der Waals surface area contributed by atoms with Crippen LogP contribution in [-0.2, 0) is 4.79 Å². The molecule has 0 aromatic carbocycles. The number of aliphatic hydroxyl groups is 1. The second-order valence-electron chi connectivity index (χ2n) is 0.979. The van der Waals surface area contributed by atoms with E-state index in [2.05, 4.69) is 0 Å². The molecule has 8 heavy (non-hydrogen) atoms. The third kappa shape index (κ3) is 4.00. The van der Waals surface area contributed by atoms with Gasteiger partial charge in [0.2, 0.25) is 0 Å². The van der Waals surface area contributed by atoms with E-state index in [4.69, 9.17) is 10.2 Å². The first-order valence-corrected chi connectivity index (χ1v) is 1.77. The molecule has 0 spiro atoms. The standard InChI is InChI=1S/C4H6O3.Sb/c1-2-3(5)4(6)7;/h2,5H,1H3,(H,6,7);. The summed E-state index contributed by atoms with van der Waals surface area (Å²) in [7, 11) is 0. The van der Waals surface area contributed by atoms with E-state index in [-0.39, 0.29) is 24.4 Å². The van der Waals surface area contributed by atoms with E-state index in [0.29, 0.717) is 0 Å². The SMILES string of the molecule is CC=C(O)C(=O)O.[Sb]. The Kier molecular flexibility index (Phi) is 6.68. The van der Waals surface area contributed by atoms with Gasteiger partial charge in [-0.05, 0) is 13.0 Å². The van der Waals surface area contributed by atoms with Gasteiger partial charge >= 0.3 is 5.97 Å². The largest absolute Gasteiger partial charge is 0.502 e. The second-order valence-corrected chi connectivity index (χ2v) is 0.979. The minimum absolute atomic E-state index is 0. The Hall–Kier alpha value is -0.172. The van der Waals surface area contributed by atoms with Gasteiger partial charge in [0.05, 0.1) is 0 Å². The number of allylic oxidation sites excluding steroid dienone is 1. The van der Waals surface area contributed by atoms with Crippen molar-refractivity contribution in [2.45, 2.75) is 6.92 Å². The molecule has 0 fully saturated rings. The van der Waals surface area contributed by atoms with Gasteiger partial charge in [0, 0.05) is 24.4 Å². The zero-order valence-corrected chi connectivity index (χ0v) is 6.88. The van der Waals surface area contributed by atoms with E-state index in [1.807, 2.05) is 0 Å². The minimum Gasteiger partial charge on any atom is -0.502 e. The second kappa shape index (κ2) is 4.97. The van der Waals surface area contributed by atoms with Crippen molar-refractivity contribution in [1.29, 1.82) is 0 Å². The minimum atomic E-state index is -1.29. The molecular weight excluding hydrogens is 218 g/mol. The van der Waals surface area contributed by atoms with Crippen LogP contribution < -0.4 is 0 Å². The summed E-state index contributed by atoms with van der Waals surface area (Å²) in [5, 5.41) is 16.1. The number of carbonyl (C=O) groups is 1. The zero-order chi connectivity index (χ0) is 5.86. The molecule has 0 heterocycles. The van der Waals surface area contributed by atoms with Crippen LogP contribution in [-0.4, -0.2) is 40.6 Å². The number of carboxylic acid groups (broad SMARTS) is 1. The van der Waals surface area contributed by atoms with Crippen LogP contribution in [0, 0.1) is 0 Å². The maximum absolute atomic E-state index is 9.61. The van der Waals surface area contributed by atoms with Crippen molar-refractivity contribution >= 4 is 30.4 Å². The molecule has 0 aromatic rings. The molecule has 0 aromatic heterocycles. The van der Waals surface area contributed by atoms with Crippen LogP contribution in [0.1, 0.15) is 6.92 Å². The average molecular weight is 224 g/mol. The van der Waals surface area contributed by atoms with Crippen molar-refractivity contribution in [3.63, 3.8) is 0 Å². The summed E-state index contributed by atoms with van der Waals surface area (Å²) in [5.74, 6) is -1.90. The molecule has 2 N–H and O–H groups in total. The molecule has 45 valence electrons. The summed E-state index contributed by atoms with van der Waals surface area (Å²) in [6.07, 6.45) is 1.11. The van der Waals surface area contributed by atoms with Crippen molar-refractivity contribution < 1.29 is 15.0 Å². The van der Waals surface area contributed by atoms with Crippen molar-refractivity contribution in [2.24, 2.45) is 0 Å². The van der Waals surface area contributed by atoms with E-state index < -0.39 is 11.7 Å². The maximum atomic E-state index is 9.61. The summed E-state index contributed by atoms with van der Waals surface area (Å²) >= 11 is 0. The van der Waals surface area contributed by atoms with Crippen LogP contribution >= 0.6 is 0 Å². The molecule has 3 radical (unpaired) electrons. The third-order valence-corrected chi connectivity index (χ3v) is 0.493. The van der Waals surface area contributed by atoms with Crippen LogP contribution in [0.4, 0.5) is 0 Å². The van der Waals surface area contributed by atoms with Gasteiger partial charge in [0.1, 0.15) is 0 Å². The molecule has 0 aliphatic carbocycles. The summed E-state index contributed by atoms with van der Waals surface area (Å²) in [6, 6.07) is 0. The predicted molar refractivity (Wildman–Crippen MR) is 29.8 cm³/mol. The van der Waals surface area contributed by atoms with Crippen molar-refractivity contribution in [3.8, 4) is 0 Å². The average Bonchev–Trinajstić information content (AvgIpc) is 1.65. The number of rotatable bonds is 1. The van der Waals surface area contributed by atoms with Gasteiger partial charge in [-0.1, -0.05) is 0 Å². The number of hydrogen-bond acceptors (Lipinski definition) is 2. The Morgan fingerprint density at radius 3 is 1.88 bits per heavy atom. The molecule has 0 rings (SSSR count). The van der Waals surface area contributed by atoms with Gasteiger partial charge in [-0.25, -0.2) is 4.79 Å². The first kappa shape index (κ1) is 10.7. The predicted octanol–water partition coefficient (Wildman–Crippen LogP) is 0.152. The van der Waals surface area contributed by atoms with E-state index in [1.54, 1.807) is 0 Å². The molecule has 0 aliphatic rings. The third-order valence-electron chi connectivity index (χ3n) is 0.493. The first-order valence-electron chi connectivity index (χ1n) is 1.77. The summed E-state index contributed by atoms with van der Waals surface area (Å²) in [5.41, 5.74) is 0. The quantitative estimate of drug-likeness (QED) is 0.378. The fraction of sp³-hybridized carbons (Fsp3) is 0.250. The van der Waals surface area contributed by atoms with E-state index in [9.17, 15) is 4.79 Å². The van der Waals surface area contributed by atoms with Gasteiger partial charge in [0.15, 0.2) is 5.76 Å². The van der Waals surface area contributed by atoms with E-state index in [1.165, 1.54) is 6.92 Å². The summed E-state index contributed by atoms with van der Waals surface area (Å²) in [4.78, 5) is 9.61. The van der Waals surface area contributed by atoms with Gasteiger partial charge in [0.25, 0.3) is 0 Å². The van der Waals surface area contributed by atoms with Crippen molar-refractivity contribution in [2.75, 3.05) is 0 Å². The Balaban J connectivity index is 0. The molecule has 0 bridgehead atoms. The monoisotopic (exact) mass is 223 g/mol. The molecule has 4 heteroatoms. The molecule has 0 unspecified atom stereocenters. The first-order chi connectivity index (χ1) is 3.18. The van der Waals surface area contributed by atoms with Crippen LogP contribution in [0.3, 0.4) is 0 Å². The zero-order valence-electron chi connectivity index (χ0n) is 4.33. The van der Waals surface area contributed by atoms with Crippen LogP contribution in [0.15, 0.2) is 11.8 Å². The van der Waals surface area contributed by atoms with E-state index >= 15 is 0 Å². The molecule has 3 nitrogen and oxygen atoms in total. The number of carboxylic acids is 1. The van der Waals surface area contributed by atoms with Crippen LogP contribution in [0.2, 0.25) is 0 Å². The molecule has 0 amide bonds. The smallest absolute Gasteiger partial charge is 0.370 e. The van der Waals surface area contributed by atoms with Crippen LogP contribution in [0.25, 0.3) is 0 Å². The Labute approximate surface area is 64.5 Å². The summed E-state index contributed by atoms with van der Waals surface area (Å²) in [6.45, 7) is 1.45. The number of hydrogen-bond donors (Lipinski definition) is 2. The van der Waals surface area contributed by atoms with E-state index in [0.717, 1.165) is 6.08 Å². The normalized spacial score (nSPS) is 9.88. The Bertz CT molecular complexity index is 108. The van der Waals surface area contributed by atoms with Crippen LogP contribution in [0.5, 0.6) is 0 Å². The van der Waals surface area contributed by atoms with Gasteiger partial charge in [-0.3, -0.25) is 0 Å². The number of aliphatic hydroxyl groups excluding tert-OH is 1. The topological polar surface area (TPSA) is 57.5 Å². The molecule has 0 atom stereocenters. The Morgan fingerprint density at radius 2 is 1.88 bits per heavy atom. The molecule has 0 saturated heterocycles. The van der Waals surface area contributed by atoms with Gasteiger partial charge in [-0.15, -0.1) is 0 Å². The van der Waals surface area contributed by atoms with Gasteiger partial charge in [-0.2, -0.15) is 0 Å². The molecular formula is C4H6O3Sb. The summed E-state index contributed by atoms with van der Waals surface area (Å²) < 4.78 is 0. The van der Waals surface area contributed by atoms with Crippen molar-refractivity contribution in [1.82, 2.24) is 0 Å². The maximum Gasteiger partial charge on any atom is 0.370 e. The fourth-order valence-corrected chi connectivity index (χ4v) is 0.123.